The highest BCUT2D eigenvalue weighted by Gasteiger charge is 2.15. The van der Waals surface area contributed by atoms with Gasteiger partial charge in [-0.05, 0) is 48.4 Å². The van der Waals surface area contributed by atoms with E-state index in [4.69, 9.17) is 14.5 Å². The summed E-state index contributed by atoms with van der Waals surface area (Å²) in [6.45, 7) is 2.64. The van der Waals surface area contributed by atoms with Gasteiger partial charge in [0.05, 0.1) is 18.0 Å². The first-order chi connectivity index (χ1) is 17.1. The van der Waals surface area contributed by atoms with E-state index >= 15 is 0 Å². The third kappa shape index (κ3) is 5.77. The maximum absolute atomic E-state index is 11.6. The molecule has 0 saturated heterocycles. The molecule has 35 heavy (non-hydrogen) atoms. The largest absolute Gasteiger partial charge is 0.513 e. The number of fused-ring (bicyclic) bond motifs is 1. The Morgan fingerprint density at radius 3 is 2.54 bits per heavy atom. The van der Waals surface area contributed by atoms with Crippen molar-refractivity contribution in [3.05, 3.63) is 84.1 Å². The molecule has 6 heteroatoms. The van der Waals surface area contributed by atoms with Crippen molar-refractivity contribution < 1.29 is 19.0 Å². The van der Waals surface area contributed by atoms with Gasteiger partial charge in [-0.2, -0.15) is 0 Å². The van der Waals surface area contributed by atoms with Gasteiger partial charge < -0.3 is 14.2 Å². The van der Waals surface area contributed by atoms with Crippen LogP contribution in [0.5, 0.6) is 11.5 Å². The fraction of sp³-hybridized carbons (Fsp3) is 0.241. The highest BCUT2D eigenvalue weighted by atomic mass is 32.2. The van der Waals surface area contributed by atoms with E-state index < -0.39 is 6.16 Å². The van der Waals surface area contributed by atoms with Crippen LogP contribution in [0.2, 0.25) is 0 Å². The van der Waals surface area contributed by atoms with Crippen LogP contribution in [0.4, 0.5) is 4.79 Å². The van der Waals surface area contributed by atoms with E-state index in [1.807, 2.05) is 60.8 Å². The first-order valence-electron chi connectivity index (χ1n) is 11.7. The molecule has 0 saturated carbocycles. The molecule has 0 amide bonds. The summed E-state index contributed by atoms with van der Waals surface area (Å²) in [5, 5.41) is 1.08. The van der Waals surface area contributed by atoms with Gasteiger partial charge in [0.1, 0.15) is 18.1 Å². The van der Waals surface area contributed by atoms with Crippen LogP contribution >= 0.6 is 11.8 Å². The Hall–Kier alpha value is -3.51. The number of aromatic nitrogens is 1. The maximum atomic E-state index is 11.6. The van der Waals surface area contributed by atoms with Crippen LogP contribution in [-0.2, 0) is 17.8 Å². The summed E-state index contributed by atoms with van der Waals surface area (Å²) in [7, 11) is 1.29. The quantitative estimate of drug-likeness (QED) is 0.137. The molecule has 0 aliphatic carbocycles. The van der Waals surface area contributed by atoms with Gasteiger partial charge in [-0.3, -0.25) is 4.98 Å². The highest BCUT2D eigenvalue weighted by molar-refractivity contribution is 7.98. The molecule has 0 bridgehead atoms. The van der Waals surface area contributed by atoms with Crippen molar-refractivity contribution in [1.82, 2.24) is 4.98 Å². The van der Waals surface area contributed by atoms with Crippen molar-refractivity contribution in [3.63, 3.8) is 0 Å². The van der Waals surface area contributed by atoms with Crippen LogP contribution in [0.1, 0.15) is 30.9 Å². The zero-order valence-electron chi connectivity index (χ0n) is 20.2. The Labute approximate surface area is 210 Å². The topological polar surface area (TPSA) is 57.7 Å². The van der Waals surface area contributed by atoms with Crippen molar-refractivity contribution in [3.8, 4) is 22.6 Å². The summed E-state index contributed by atoms with van der Waals surface area (Å²) < 4.78 is 16.4. The minimum Gasteiger partial charge on any atom is -0.488 e. The lowest BCUT2D eigenvalue weighted by Crippen LogP contribution is -2.08. The number of pyridine rings is 1. The van der Waals surface area contributed by atoms with Gasteiger partial charge in [-0.1, -0.05) is 61.9 Å². The second-order valence-electron chi connectivity index (χ2n) is 8.11. The zero-order valence-corrected chi connectivity index (χ0v) is 21.1. The molecule has 0 aliphatic rings. The van der Waals surface area contributed by atoms with Crippen LogP contribution in [-0.4, -0.2) is 24.5 Å². The monoisotopic (exact) mass is 487 g/mol. The number of rotatable bonds is 9. The van der Waals surface area contributed by atoms with Crippen molar-refractivity contribution in [2.75, 3.05) is 13.4 Å². The number of thioether (sulfide) groups is 1. The molecule has 0 spiro atoms. The minimum absolute atomic E-state index is 0.446. The summed E-state index contributed by atoms with van der Waals surface area (Å²) in [5.41, 5.74) is 4.90. The van der Waals surface area contributed by atoms with E-state index in [1.165, 1.54) is 12.0 Å². The average Bonchev–Trinajstić information content (AvgIpc) is 2.91. The molecule has 4 aromatic rings. The average molecular weight is 488 g/mol. The van der Waals surface area contributed by atoms with Gasteiger partial charge >= 0.3 is 6.16 Å². The number of ether oxygens (including phenoxy) is 3. The van der Waals surface area contributed by atoms with E-state index in [0.717, 1.165) is 58.2 Å². The number of methoxy groups -OCH3 is 1. The van der Waals surface area contributed by atoms with Crippen molar-refractivity contribution in [2.24, 2.45) is 0 Å². The molecule has 3 aromatic carbocycles. The molecule has 5 nitrogen and oxygen atoms in total. The summed E-state index contributed by atoms with van der Waals surface area (Å²) in [4.78, 5) is 17.5. The molecular formula is C29H29NO4S. The Morgan fingerprint density at radius 1 is 1.00 bits per heavy atom. The number of benzene rings is 3. The molecular weight excluding hydrogens is 458 g/mol. The summed E-state index contributed by atoms with van der Waals surface area (Å²) >= 11 is 1.71. The van der Waals surface area contributed by atoms with E-state index in [9.17, 15) is 4.79 Å². The lowest BCUT2D eigenvalue weighted by Gasteiger charge is -2.16. The second-order valence-corrected chi connectivity index (χ2v) is 8.96. The van der Waals surface area contributed by atoms with Crippen molar-refractivity contribution in [2.45, 2.75) is 37.7 Å². The summed E-state index contributed by atoms with van der Waals surface area (Å²) in [6.07, 6.45) is 6.44. The number of carbonyl (C=O) groups is 1. The number of hydrogen-bond acceptors (Lipinski definition) is 6. The lowest BCUT2D eigenvalue weighted by atomic mass is 10.0. The normalized spacial score (nSPS) is 10.8. The molecule has 180 valence electrons. The van der Waals surface area contributed by atoms with Crippen LogP contribution in [0.3, 0.4) is 0 Å². The first kappa shape index (κ1) is 24.6. The summed E-state index contributed by atoms with van der Waals surface area (Å²) in [5.74, 6) is 1.38. The number of aryl methyl sites for hydroxylation is 1. The number of para-hydroxylation sites is 1. The molecule has 1 heterocycles. The molecule has 0 aliphatic heterocycles. The van der Waals surface area contributed by atoms with E-state index in [0.29, 0.717) is 12.4 Å². The van der Waals surface area contributed by atoms with Gasteiger partial charge in [-0.15, -0.1) is 11.8 Å². The van der Waals surface area contributed by atoms with Crippen LogP contribution in [0.25, 0.3) is 22.0 Å². The van der Waals surface area contributed by atoms with Gasteiger partial charge in [0.25, 0.3) is 0 Å². The van der Waals surface area contributed by atoms with Crippen molar-refractivity contribution in [1.29, 1.82) is 0 Å². The fourth-order valence-corrected chi connectivity index (χ4v) is 4.58. The molecule has 0 atom stereocenters. The van der Waals surface area contributed by atoms with Gasteiger partial charge in [0.15, 0.2) is 0 Å². The molecule has 0 unspecified atom stereocenters. The van der Waals surface area contributed by atoms with E-state index in [-0.39, 0.29) is 0 Å². The third-order valence-electron chi connectivity index (χ3n) is 5.80. The van der Waals surface area contributed by atoms with Crippen LogP contribution in [0, 0.1) is 0 Å². The Morgan fingerprint density at radius 2 is 1.80 bits per heavy atom. The van der Waals surface area contributed by atoms with Crippen LogP contribution < -0.4 is 9.47 Å². The standard InChI is InChI=1S/C29H29NO4S/c1-4-5-9-22-18-30-24-11-8-13-26(35-3)27(24)28(22)33-19-20-14-16-21(17-15-20)23-10-6-7-12-25(23)34-29(31)32-2/h6-8,10-18H,4-5,9,19H2,1-3H3. The smallest absolute Gasteiger partial charge is 0.488 e. The maximum Gasteiger partial charge on any atom is 0.513 e. The molecule has 1 aromatic heterocycles. The minimum atomic E-state index is -0.740. The molecule has 0 radical (unpaired) electrons. The number of unbranched alkanes of at least 4 members (excludes halogenated alkanes) is 1. The number of hydrogen-bond donors (Lipinski definition) is 0. The molecule has 4 rings (SSSR count). The van der Waals surface area contributed by atoms with Gasteiger partial charge in [0, 0.05) is 22.2 Å². The van der Waals surface area contributed by atoms with Gasteiger partial charge in [0.2, 0.25) is 0 Å². The molecule has 0 fully saturated rings. The summed E-state index contributed by atoms with van der Waals surface area (Å²) in [6, 6.07) is 21.7. The first-order valence-corrected chi connectivity index (χ1v) is 12.9. The highest BCUT2D eigenvalue weighted by Crippen LogP contribution is 2.37. The second kappa shape index (κ2) is 11.8. The molecule has 0 N–H and O–H groups in total. The van der Waals surface area contributed by atoms with Crippen LogP contribution in [0.15, 0.2) is 77.8 Å². The predicted octanol–water partition coefficient (Wildman–Crippen LogP) is 7.69. The van der Waals surface area contributed by atoms with E-state index in [1.54, 1.807) is 17.8 Å². The van der Waals surface area contributed by atoms with Crippen molar-refractivity contribution >= 4 is 28.8 Å². The Balaban J connectivity index is 1.59. The lowest BCUT2D eigenvalue weighted by molar-refractivity contribution is 0.121. The van der Waals surface area contributed by atoms with Gasteiger partial charge in [-0.25, -0.2) is 4.79 Å². The van der Waals surface area contributed by atoms with E-state index in [2.05, 4.69) is 24.0 Å². The zero-order chi connectivity index (χ0) is 24.6. The SMILES string of the molecule is CCCCc1cnc2cccc(SC)c2c1OCc1ccc(-c2ccccc2OC(=O)OC)cc1. The number of nitrogens with zero attached hydrogens (tertiary/aromatic N) is 1. The fourth-order valence-electron chi connectivity index (χ4n) is 3.96. The predicted molar refractivity (Wildman–Crippen MR) is 141 cm³/mol. The third-order valence-corrected chi connectivity index (χ3v) is 6.58. The Bertz CT molecular complexity index is 1300. The number of carbonyl (C=O) groups excluding carboxylic acids is 1. The Kier molecular flexibility index (Phi) is 8.27.